The molecule has 0 radical (unpaired) electrons. The van der Waals surface area contributed by atoms with E-state index in [9.17, 15) is 9.90 Å². The van der Waals surface area contributed by atoms with Gasteiger partial charge in [0.15, 0.2) is 5.13 Å². The summed E-state index contributed by atoms with van der Waals surface area (Å²) in [6.45, 7) is 6.35. The van der Waals surface area contributed by atoms with Crippen molar-refractivity contribution in [3.8, 4) is 0 Å². The number of benzene rings is 1. The monoisotopic (exact) mass is 387 g/mol. The quantitative estimate of drug-likeness (QED) is 0.851. The zero-order valence-electron chi connectivity index (χ0n) is 15.3. The molecule has 0 amide bonds. The summed E-state index contributed by atoms with van der Waals surface area (Å²) in [5, 5.41) is 10.3. The highest BCUT2D eigenvalue weighted by atomic mass is 32.1. The summed E-state index contributed by atoms with van der Waals surface area (Å²) in [6, 6.07) is 7.41. The number of carboxylic acids is 1. The highest BCUT2D eigenvalue weighted by Gasteiger charge is 2.23. The molecule has 7 heteroatoms. The minimum absolute atomic E-state index is 0.377. The summed E-state index contributed by atoms with van der Waals surface area (Å²) in [7, 11) is 0. The third kappa shape index (κ3) is 4.48. The van der Waals surface area contributed by atoms with Gasteiger partial charge in [0.05, 0.1) is 18.8 Å². The molecule has 1 aromatic carbocycles. The molecule has 1 aromatic heterocycles. The fraction of sp³-hybridized carbons (Fsp3) is 0.500. The van der Waals surface area contributed by atoms with Gasteiger partial charge in [-0.1, -0.05) is 12.1 Å². The maximum absolute atomic E-state index is 11.2. The van der Waals surface area contributed by atoms with Crippen LogP contribution in [0.2, 0.25) is 0 Å². The molecular weight excluding hydrogens is 362 g/mol. The first-order chi connectivity index (χ1) is 13.2. The second kappa shape index (κ2) is 8.37. The summed E-state index contributed by atoms with van der Waals surface area (Å²) >= 11 is 1.78. The molecule has 144 valence electrons. The molecular formula is C20H25N3O3S. The summed E-state index contributed by atoms with van der Waals surface area (Å²) in [6.07, 6.45) is 4.25. The van der Waals surface area contributed by atoms with Gasteiger partial charge in [0.1, 0.15) is 0 Å². The van der Waals surface area contributed by atoms with Crippen molar-refractivity contribution in [3.05, 3.63) is 46.5 Å². The molecule has 3 heterocycles. The van der Waals surface area contributed by atoms with Crippen molar-refractivity contribution in [2.24, 2.45) is 0 Å². The summed E-state index contributed by atoms with van der Waals surface area (Å²) < 4.78 is 5.42. The van der Waals surface area contributed by atoms with Crippen LogP contribution in [0.4, 0.5) is 5.13 Å². The zero-order valence-corrected chi connectivity index (χ0v) is 16.2. The first-order valence-corrected chi connectivity index (χ1v) is 10.3. The van der Waals surface area contributed by atoms with Gasteiger partial charge in [-0.15, -0.1) is 11.3 Å². The molecule has 0 spiro atoms. The van der Waals surface area contributed by atoms with Crippen LogP contribution in [0.3, 0.4) is 0 Å². The molecule has 27 heavy (non-hydrogen) atoms. The van der Waals surface area contributed by atoms with Crippen LogP contribution < -0.4 is 4.90 Å². The minimum atomic E-state index is -0.857. The Morgan fingerprint density at radius 3 is 2.96 bits per heavy atom. The summed E-state index contributed by atoms with van der Waals surface area (Å²) in [4.78, 5) is 21.9. The number of thiazole rings is 1. The smallest absolute Gasteiger partial charge is 0.335 e. The number of hydrogen-bond acceptors (Lipinski definition) is 6. The molecule has 2 aromatic rings. The van der Waals surface area contributed by atoms with Crippen molar-refractivity contribution < 1.29 is 14.6 Å². The Balaban J connectivity index is 1.39. The molecule has 6 nitrogen and oxygen atoms in total. The number of hydrogen-bond donors (Lipinski definition) is 1. The van der Waals surface area contributed by atoms with Crippen molar-refractivity contribution in [2.75, 3.05) is 44.3 Å². The van der Waals surface area contributed by atoms with Crippen molar-refractivity contribution in [3.63, 3.8) is 0 Å². The topological polar surface area (TPSA) is 65.9 Å². The highest BCUT2D eigenvalue weighted by Crippen LogP contribution is 2.30. The molecule has 0 bridgehead atoms. The second-order valence-corrected chi connectivity index (χ2v) is 8.31. The molecule has 1 atom stereocenters. The Morgan fingerprint density at radius 2 is 2.15 bits per heavy atom. The predicted molar refractivity (Wildman–Crippen MR) is 106 cm³/mol. The lowest BCUT2D eigenvalue weighted by Gasteiger charge is -2.32. The maximum Gasteiger partial charge on any atom is 0.335 e. The molecule has 4 rings (SSSR count). The maximum atomic E-state index is 11.2. The van der Waals surface area contributed by atoms with Crippen LogP contribution in [0.25, 0.3) is 0 Å². The van der Waals surface area contributed by atoms with Crippen LogP contribution in [-0.2, 0) is 11.3 Å². The van der Waals surface area contributed by atoms with E-state index in [0.717, 1.165) is 69.5 Å². The van der Waals surface area contributed by atoms with Gasteiger partial charge in [-0.25, -0.2) is 9.78 Å². The van der Waals surface area contributed by atoms with Crippen LogP contribution in [0.15, 0.2) is 30.5 Å². The highest BCUT2D eigenvalue weighted by molar-refractivity contribution is 7.15. The minimum Gasteiger partial charge on any atom is -0.478 e. The van der Waals surface area contributed by atoms with Gasteiger partial charge in [-0.3, -0.25) is 4.90 Å². The number of carboxylic acid groups (broad SMARTS) is 1. The number of rotatable bonds is 5. The van der Waals surface area contributed by atoms with Crippen molar-refractivity contribution in [2.45, 2.75) is 25.3 Å². The first kappa shape index (κ1) is 18.4. The Hall–Kier alpha value is -1.96. The number of aromatic nitrogens is 1. The van der Waals surface area contributed by atoms with Gasteiger partial charge in [0, 0.05) is 37.3 Å². The van der Waals surface area contributed by atoms with Crippen LogP contribution in [-0.4, -0.2) is 60.4 Å². The van der Waals surface area contributed by atoms with E-state index in [1.165, 1.54) is 4.88 Å². The lowest BCUT2D eigenvalue weighted by Crippen LogP contribution is -2.36. The SMILES string of the molecule is O=C(O)c1cccc([C@H]2CCCN(Cc3cnc(N4CCOCC4)s3)C2)c1. The van der Waals surface area contributed by atoms with Crippen LogP contribution in [0, 0.1) is 0 Å². The second-order valence-electron chi connectivity index (χ2n) is 7.21. The number of morpholine rings is 1. The van der Waals surface area contributed by atoms with Gasteiger partial charge < -0.3 is 14.7 Å². The van der Waals surface area contributed by atoms with Gasteiger partial charge in [0.25, 0.3) is 0 Å². The molecule has 0 saturated carbocycles. The van der Waals surface area contributed by atoms with Crippen molar-refractivity contribution in [1.82, 2.24) is 9.88 Å². The number of nitrogens with zero attached hydrogens (tertiary/aromatic N) is 3. The third-order valence-electron chi connectivity index (χ3n) is 5.31. The third-order valence-corrected chi connectivity index (χ3v) is 6.36. The first-order valence-electron chi connectivity index (χ1n) is 9.52. The molecule has 2 aliphatic rings. The average Bonchev–Trinajstić information content (AvgIpc) is 3.17. The van der Waals surface area contributed by atoms with Crippen molar-refractivity contribution in [1.29, 1.82) is 0 Å². The molecule has 0 unspecified atom stereocenters. The van der Waals surface area contributed by atoms with Gasteiger partial charge in [-0.2, -0.15) is 0 Å². The molecule has 2 fully saturated rings. The van der Waals surface area contributed by atoms with E-state index in [1.54, 1.807) is 17.4 Å². The van der Waals surface area contributed by atoms with Crippen molar-refractivity contribution >= 4 is 22.4 Å². The molecule has 0 aliphatic carbocycles. The predicted octanol–water partition coefficient (Wildman–Crippen LogP) is 3.06. The van der Waals surface area contributed by atoms with E-state index in [4.69, 9.17) is 4.74 Å². The Morgan fingerprint density at radius 1 is 1.30 bits per heavy atom. The van der Waals surface area contributed by atoms with E-state index in [-0.39, 0.29) is 0 Å². The zero-order chi connectivity index (χ0) is 18.6. The lowest BCUT2D eigenvalue weighted by atomic mass is 9.89. The fourth-order valence-electron chi connectivity index (χ4n) is 3.89. The van der Waals surface area contributed by atoms with E-state index in [2.05, 4.69) is 20.9 Å². The van der Waals surface area contributed by atoms with Crippen LogP contribution in [0.1, 0.15) is 39.6 Å². The van der Waals surface area contributed by atoms with E-state index in [1.807, 2.05) is 18.3 Å². The number of ether oxygens (including phenoxy) is 1. The normalized spacial score (nSPS) is 21.3. The Bertz CT molecular complexity index is 788. The van der Waals surface area contributed by atoms with Gasteiger partial charge in [-0.05, 0) is 43.0 Å². The lowest BCUT2D eigenvalue weighted by molar-refractivity contribution is 0.0696. The van der Waals surface area contributed by atoms with E-state index < -0.39 is 5.97 Å². The largest absolute Gasteiger partial charge is 0.478 e. The molecule has 2 saturated heterocycles. The fourth-order valence-corrected chi connectivity index (χ4v) is 4.89. The molecule has 2 aliphatic heterocycles. The number of piperidine rings is 1. The Kier molecular flexibility index (Phi) is 5.71. The molecule has 1 N–H and O–H groups in total. The average molecular weight is 388 g/mol. The number of aromatic carboxylic acids is 1. The van der Waals surface area contributed by atoms with Crippen LogP contribution >= 0.6 is 11.3 Å². The number of anilines is 1. The van der Waals surface area contributed by atoms with E-state index >= 15 is 0 Å². The summed E-state index contributed by atoms with van der Waals surface area (Å²) in [5.74, 6) is -0.463. The Labute approximate surface area is 163 Å². The standard InChI is InChI=1S/C20H25N3O3S/c24-19(25)16-4-1-3-15(11-16)17-5-2-6-22(13-17)14-18-12-21-20(27-18)23-7-9-26-10-8-23/h1,3-4,11-12,17H,2,5-10,13-14H2,(H,24,25)/t17-/m0/s1. The van der Waals surface area contributed by atoms with E-state index in [0.29, 0.717) is 11.5 Å². The number of carbonyl (C=O) groups is 1. The van der Waals surface area contributed by atoms with Gasteiger partial charge >= 0.3 is 5.97 Å². The van der Waals surface area contributed by atoms with Crippen LogP contribution in [0.5, 0.6) is 0 Å². The van der Waals surface area contributed by atoms with Gasteiger partial charge in [0.2, 0.25) is 0 Å². The number of likely N-dealkylation sites (tertiary alicyclic amines) is 1. The summed E-state index contributed by atoms with van der Waals surface area (Å²) in [5.41, 5.74) is 1.51.